The van der Waals surface area contributed by atoms with Crippen LogP contribution >= 0.6 is 0 Å². The van der Waals surface area contributed by atoms with E-state index >= 15 is 0 Å². The van der Waals surface area contributed by atoms with Crippen LogP contribution in [-0.2, 0) is 16.6 Å². The van der Waals surface area contributed by atoms with Gasteiger partial charge in [-0.3, -0.25) is 0 Å². The van der Waals surface area contributed by atoms with Crippen molar-refractivity contribution in [2.75, 3.05) is 6.54 Å². The highest BCUT2D eigenvalue weighted by atomic mass is 32.2. The zero-order chi connectivity index (χ0) is 12.3. The van der Waals surface area contributed by atoms with E-state index in [0.29, 0.717) is 12.1 Å². The highest BCUT2D eigenvalue weighted by molar-refractivity contribution is 7.89. The molecule has 5 heteroatoms. The summed E-state index contributed by atoms with van der Waals surface area (Å²) in [7, 11) is -3.38. The van der Waals surface area contributed by atoms with E-state index in [0.717, 1.165) is 12.3 Å². The van der Waals surface area contributed by atoms with Crippen LogP contribution in [0.1, 0.15) is 24.8 Å². The predicted octanol–water partition coefficient (Wildman–Crippen LogP) is 1.26. The minimum Gasteiger partial charge on any atom is -0.392 e. The summed E-state index contributed by atoms with van der Waals surface area (Å²) in [6.45, 7) is 0.435. The van der Waals surface area contributed by atoms with Gasteiger partial charge in [-0.2, -0.15) is 0 Å². The molecule has 0 bridgehead atoms. The summed E-state index contributed by atoms with van der Waals surface area (Å²) < 4.78 is 26.3. The van der Waals surface area contributed by atoms with E-state index in [1.54, 1.807) is 12.1 Å². The minimum atomic E-state index is -3.38. The second-order valence-corrected chi connectivity index (χ2v) is 6.20. The quantitative estimate of drug-likeness (QED) is 0.804. The lowest BCUT2D eigenvalue weighted by Gasteiger charge is -2.06. The van der Waals surface area contributed by atoms with Gasteiger partial charge in [0.1, 0.15) is 0 Å². The van der Waals surface area contributed by atoms with Gasteiger partial charge in [0.15, 0.2) is 0 Å². The Morgan fingerprint density at radius 2 is 1.88 bits per heavy atom. The van der Waals surface area contributed by atoms with Crippen molar-refractivity contribution in [1.82, 2.24) is 4.72 Å². The molecule has 2 rings (SSSR count). The van der Waals surface area contributed by atoms with Gasteiger partial charge < -0.3 is 5.11 Å². The van der Waals surface area contributed by atoms with Crippen LogP contribution in [0.5, 0.6) is 0 Å². The maximum absolute atomic E-state index is 11.9. The maximum Gasteiger partial charge on any atom is 0.240 e. The summed E-state index contributed by atoms with van der Waals surface area (Å²) >= 11 is 0. The molecule has 0 unspecified atom stereocenters. The van der Waals surface area contributed by atoms with Crippen LogP contribution in [-0.4, -0.2) is 20.1 Å². The van der Waals surface area contributed by atoms with Crippen molar-refractivity contribution >= 4 is 10.0 Å². The first-order valence-electron chi connectivity index (χ1n) is 5.81. The lowest BCUT2D eigenvalue weighted by atomic mass is 10.2. The number of benzene rings is 1. The summed E-state index contributed by atoms with van der Waals surface area (Å²) in [5, 5.41) is 8.88. The number of aliphatic hydroxyl groups is 1. The third-order valence-corrected chi connectivity index (χ3v) is 4.43. The highest BCUT2D eigenvalue weighted by Gasteiger charge is 2.21. The molecular formula is C12H17NO3S. The Hall–Kier alpha value is -0.910. The molecule has 1 saturated carbocycles. The summed E-state index contributed by atoms with van der Waals surface area (Å²) in [6.07, 6.45) is 3.38. The van der Waals surface area contributed by atoms with Gasteiger partial charge in [0.2, 0.25) is 10.0 Å². The van der Waals surface area contributed by atoms with Crippen molar-refractivity contribution in [3.8, 4) is 0 Å². The van der Waals surface area contributed by atoms with Gasteiger partial charge in [0.05, 0.1) is 11.5 Å². The molecule has 17 heavy (non-hydrogen) atoms. The molecule has 94 valence electrons. The lowest BCUT2D eigenvalue weighted by Crippen LogP contribution is -2.25. The van der Waals surface area contributed by atoms with E-state index in [-0.39, 0.29) is 11.5 Å². The van der Waals surface area contributed by atoms with Gasteiger partial charge >= 0.3 is 0 Å². The Kier molecular flexibility index (Phi) is 3.81. The average Bonchev–Trinajstić information content (AvgIpc) is 3.13. The van der Waals surface area contributed by atoms with E-state index in [9.17, 15) is 8.42 Å². The molecule has 0 aromatic heterocycles. The first-order chi connectivity index (χ1) is 8.12. The van der Waals surface area contributed by atoms with Gasteiger partial charge in [-0.25, -0.2) is 13.1 Å². The lowest BCUT2D eigenvalue weighted by molar-refractivity contribution is 0.282. The molecule has 0 radical (unpaired) electrons. The normalized spacial score (nSPS) is 16.1. The van der Waals surface area contributed by atoms with Gasteiger partial charge in [-0.1, -0.05) is 25.0 Å². The second kappa shape index (κ2) is 5.16. The Morgan fingerprint density at radius 1 is 1.24 bits per heavy atom. The molecular weight excluding hydrogens is 238 g/mol. The third kappa shape index (κ3) is 3.52. The van der Waals surface area contributed by atoms with Crippen LogP contribution < -0.4 is 4.72 Å². The van der Waals surface area contributed by atoms with Gasteiger partial charge in [-0.15, -0.1) is 0 Å². The van der Waals surface area contributed by atoms with Crippen molar-refractivity contribution in [2.45, 2.75) is 30.8 Å². The van der Waals surface area contributed by atoms with Crippen LogP contribution in [0.25, 0.3) is 0 Å². The van der Waals surface area contributed by atoms with Gasteiger partial charge in [-0.05, 0) is 30.0 Å². The van der Waals surface area contributed by atoms with Gasteiger partial charge in [0.25, 0.3) is 0 Å². The molecule has 0 aliphatic heterocycles. The molecule has 1 fully saturated rings. The Bertz CT molecular complexity index is 463. The molecule has 2 N–H and O–H groups in total. The monoisotopic (exact) mass is 255 g/mol. The van der Waals surface area contributed by atoms with Crippen molar-refractivity contribution in [1.29, 1.82) is 0 Å². The predicted molar refractivity (Wildman–Crippen MR) is 64.9 cm³/mol. The van der Waals surface area contributed by atoms with Crippen molar-refractivity contribution in [3.63, 3.8) is 0 Å². The van der Waals surface area contributed by atoms with E-state index < -0.39 is 10.0 Å². The SMILES string of the molecule is O=S(=O)(NCCC1CC1)c1ccc(CO)cc1. The van der Waals surface area contributed by atoms with E-state index in [1.807, 2.05) is 0 Å². The van der Waals surface area contributed by atoms with Crippen molar-refractivity contribution in [2.24, 2.45) is 5.92 Å². The first-order valence-corrected chi connectivity index (χ1v) is 7.29. The van der Waals surface area contributed by atoms with Crippen LogP contribution in [0, 0.1) is 5.92 Å². The van der Waals surface area contributed by atoms with Crippen LogP contribution in [0.15, 0.2) is 29.2 Å². The number of sulfonamides is 1. The second-order valence-electron chi connectivity index (χ2n) is 4.43. The number of hydrogen-bond donors (Lipinski definition) is 2. The Balaban J connectivity index is 1.96. The molecule has 0 atom stereocenters. The number of hydrogen-bond acceptors (Lipinski definition) is 3. The largest absolute Gasteiger partial charge is 0.392 e. The first kappa shape index (κ1) is 12.5. The molecule has 0 heterocycles. The fourth-order valence-electron chi connectivity index (χ4n) is 1.66. The number of aliphatic hydroxyl groups excluding tert-OH is 1. The molecule has 4 nitrogen and oxygen atoms in total. The number of rotatable bonds is 6. The summed E-state index contributed by atoms with van der Waals surface area (Å²) in [5.74, 6) is 0.717. The Morgan fingerprint density at radius 3 is 2.41 bits per heavy atom. The maximum atomic E-state index is 11.9. The van der Waals surface area contributed by atoms with E-state index in [4.69, 9.17) is 5.11 Å². The topological polar surface area (TPSA) is 66.4 Å². The zero-order valence-corrected chi connectivity index (χ0v) is 10.4. The summed E-state index contributed by atoms with van der Waals surface area (Å²) in [6, 6.07) is 6.28. The molecule has 0 amide bonds. The molecule has 1 aromatic rings. The van der Waals surface area contributed by atoms with E-state index in [1.165, 1.54) is 25.0 Å². The van der Waals surface area contributed by atoms with Crippen LogP contribution in [0.3, 0.4) is 0 Å². The van der Waals surface area contributed by atoms with Crippen LogP contribution in [0.2, 0.25) is 0 Å². The minimum absolute atomic E-state index is 0.0740. The smallest absolute Gasteiger partial charge is 0.240 e. The van der Waals surface area contributed by atoms with Crippen LogP contribution in [0.4, 0.5) is 0 Å². The highest BCUT2D eigenvalue weighted by Crippen LogP contribution is 2.31. The summed E-state index contributed by atoms with van der Waals surface area (Å²) in [4.78, 5) is 0.255. The molecule has 0 spiro atoms. The van der Waals surface area contributed by atoms with E-state index in [2.05, 4.69) is 4.72 Å². The van der Waals surface area contributed by atoms with Gasteiger partial charge in [0, 0.05) is 6.54 Å². The van der Waals surface area contributed by atoms with Crippen molar-refractivity contribution in [3.05, 3.63) is 29.8 Å². The average molecular weight is 255 g/mol. The molecule has 1 aliphatic carbocycles. The molecule has 0 saturated heterocycles. The van der Waals surface area contributed by atoms with Crippen molar-refractivity contribution < 1.29 is 13.5 Å². The fraction of sp³-hybridized carbons (Fsp3) is 0.500. The Labute approximate surface area is 102 Å². The fourth-order valence-corrected chi connectivity index (χ4v) is 2.71. The summed E-state index contributed by atoms with van der Waals surface area (Å²) in [5.41, 5.74) is 0.710. The number of nitrogens with one attached hydrogen (secondary N) is 1. The molecule has 1 aliphatic rings. The third-order valence-electron chi connectivity index (χ3n) is 2.96. The zero-order valence-electron chi connectivity index (χ0n) is 9.59. The standard InChI is InChI=1S/C12H17NO3S/c14-9-11-3-5-12(6-4-11)17(15,16)13-8-7-10-1-2-10/h3-6,10,13-14H,1-2,7-9H2. The molecule has 1 aromatic carbocycles.